The van der Waals surface area contributed by atoms with Crippen LogP contribution in [-0.4, -0.2) is 42.0 Å². The number of para-hydroxylation sites is 1. The predicted octanol–water partition coefficient (Wildman–Crippen LogP) is 4.10. The highest BCUT2D eigenvalue weighted by molar-refractivity contribution is 5.94. The third kappa shape index (κ3) is 3.11. The number of hydrogen-bond acceptors (Lipinski definition) is 3. The summed E-state index contributed by atoms with van der Waals surface area (Å²) >= 11 is 0. The van der Waals surface area contributed by atoms with Gasteiger partial charge in [0.05, 0.1) is 5.52 Å². The quantitative estimate of drug-likeness (QED) is 0.692. The summed E-state index contributed by atoms with van der Waals surface area (Å²) in [5, 5.41) is 0.993. The van der Waals surface area contributed by atoms with Gasteiger partial charge in [-0.2, -0.15) is 0 Å². The monoisotopic (exact) mass is 375 g/mol. The average molecular weight is 375 g/mol. The minimum atomic E-state index is -0.241. The van der Waals surface area contributed by atoms with Crippen molar-refractivity contribution < 1.29 is 9.18 Å². The van der Waals surface area contributed by atoms with Gasteiger partial charge in [-0.3, -0.25) is 4.79 Å². The maximum Gasteiger partial charge on any atom is 0.225 e. The zero-order valence-corrected chi connectivity index (χ0v) is 15.6. The van der Waals surface area contributed by atoms with Gasteiger partial charge in [0.1, 0.15) is 11.6 Å². The van der Waals surface area contributed by atoms with Gasteiger partial charge in [-0.1, -0.05) is 36.4 Å². The molecular formula is C23H22FN3O. The molecule has 1 saturated carbocycles. The highest BCUT2D eigenvalue weighted by atomic mass is 19.1. The third-order valence-corrected chi connectivity index (χ3v) is 5.71. The zero-order chi connectivity index (χ0) is 19.1. The van der Waals surface area contributed by atoms with E-state index in [0.717, 1.165) is 61.3 Å². The minimum Gasteiger partial charge on any atom is -0.353 e. The number of hydrogen-bond donors (Lipinski definition) is 0. The lowest BCUT2D eigenvalue weighted by atomic mass is 10.0. The Morgan fingerprint density at radius 2 is 1.64 bits per heavy atom. The highest BCUT2D eigenvalue weighted by Crippen LogP contribution is 2.33. The van der Waals surface area contributed by atoms with Crippen molar-refractivity contribution in [3.63, 3.8) is 0 Å². The van der Waals surface area contributed by atoms with Crippen LogP contribution in [0.15, 0.2) is 54.6 Å². The molecule has 2 fully saturated rings. The number of pyridine rings is 1. The van der Waals surface area contributed by atoms with E-state index >= 15 is 0 Å². The number of fused-ring (bicyclic) bond motifs is 1. The number of amides is 1. The van der Waals surface area contributed by atoms with Crippen molar-refractivity contribution in [2.24, 2.45) is 5.92 Å². The fraction of sp³-hybridized carbons (Fsp3) is 0.304. The summed E-state index contributed by atoms with van der Waals surface area (Å²) in [5.41, 5.74) is 2.18. The van der Waals surface area contributed by atoms with E-state index in [1.165, 1.54) is 6.07 Å². The summed E-state index contributed by atoms with van der Waals surface area (Å²) in [6.07, 6.45) is 2.09. The molecule has 4 nitrogen and oxygen atoms in total. The number of anilines is 1. The van der Waals surface area contributed by atoms with Crippen molar-refractivity contribution in [3.05, 3.63) is 60.4 Å². The number of benzene rings is 2. The van der Waals surface area contributed by atoms with Gasteiger partial charge in [0.2, 0.25) is 5.91 Å². The normalized spacial score (nSPS) is 17.2. The molecule has 0 atom stereocenters. The predicted molar refractivity (Wildman–Crippen MR) is 109 cm³/mol. The molecule has 5 heteroatoms. The Bertz CT molecular complexity index is 1040. The molecule has 2 heterocycles. The largest absolute Gasteiger partial charge is 0.353 e. The van der Waals surface area contributed by atoms with Gasteiger partial charge in [-0.25, -0.2) is 9.37 Å². The van der Waals surface area contributed by atoms with Gasteiger partial charge in [0, 0.05) is 48.6 Å². The van der Waals surface area contributed by atoms with Crippen molar-refractivity contribution in [1.29, 1.82) is 0 Å². The molecule has 0 bridgehead atoms. The van der Waals surface area contributed by atoms with Crippen LogP contribution in [-0.2, 0) is 4.79 Å². The first kappa shape index (κ1) is 17.2. The molecule has 3 aromatic rings. The van der Waals surface area contributed by atoms with E-state index in [1.807, 2.05) is 41.3 Å². The number of carbonyl (C=O) groups excluding carboxylic acids is 1. The lowest BCUT2D eigenvalue weighted by molar-refractivity contribution is -0.132. The number of carbonyl (C=O) groups is 1. The second-order valence-corrected chi connectivity index (χ2v) is 7.61. The second-order valence-electron chi connectivity index (χ2n) is 7.61. The van der Waals surface area contributed by atoms with Crippen LogP contribution in [0.1, 0.15) is 12.8 Å². The Hall–Kier alpha value is -2.95. The van der Waals surface area contributed by atoms with Crippen LogP contribution in [0.3, 0.4) is 0 Å². The van der Waals surface area contributed by atoms with Crippen molar-refractivity contribution >= 4 is 22.6 Å². The number of rotatable bonds is 3. The fourth-order valence-electron chi connectivity index (χ4n) is 3.95. The molecule has 5 rings (SSSR count). The first-order valence-electron chi connectivity index (χ1n) is 9.89. The van der Waals surface area contributed by atoms with Gasteiger partial charge in [0.15, 0.2) is 0 Å². The average Bonchev–Trinajstić information content (AvgIpc) is 3.58. The van der Waals surface area contributed by atoms with Crippen LogP contribution in [0.2, 0.25) is 0 Å². The van der Waals surface area contributed by atoms with Crippen LogP contribution in [0.5, 0.6) is 0 Å². The molecule has 1 aliphatic heterocycles. The highest BCUT2D eigenvalue weighted by Gasteiger charge is 2.34. The van der Waals surface area contributed by atoms with E-state index in [4.69, 9.17) is 4.98 Å². The summed E-state index contributed by atoms with van der Waals surface area (Å²) in [6, 6.07) is 16.7. The Morgan fingerprint density at radius 3 is 2.39 bits per heavy atom. The van der Waals surface area contributed by atoms with E-state index in [2.05, 4.69) is 4.90 Å². The van der Waals surface area contributed by atoms with Crippen LogP contribution < -0.4 is 4.90 Å². The molecule has 2 aliphatic rings. The van der Waals surface area contributed by atoms with Gasteiger partial charge >= 0.3 is 0 Å². The van der Waals surface area contributed by atoms with E-state index in [9.17, 15) is 9.18 Å². The Balaban J connectivity index is 1.44. The molecule has 28 heavy (non-hydrogen) atoms. The maximum atomic E-state index is 14.4. The number of halogens is 1. The van der Waals surface area contributed by atoms with Crippen molar-refractivity contribution in [2.45, 2.75) is 12.8 Å². The fourth-order valence-corrected chi connectivity index (χ4v) is 3.95. The van der Waals surface area contributed by atoms with Crippen molar-refractivity contribution in [3.8, 4) is 11.1 Å². The van der Waals surface area contributed by atoms with Gasteiger partial charge in [-0.05, 0) is 31.0 Å². The van der Waals surface area contributed by atoms with Crippen LogP contribution in [0.25, 0.3) is 22.0 Å². The minimum absolute atomic E-state index is 0.241. The number of piperazine rings is 1. The van der Waals surface area contributed by atoms with Crippen molar-refractivity contribution in [1.82, 2.24) is 9.88 Å². The third-order valence-electron chi connectivity index (χ3n) is 5.71. The van der Waals surface area contributed by atoms with Crippen LogP contribution in [0, 0.1) is 11.7 Å². The van der Waals surface area contributed by atoms with Gasteiger partial charge in [0.25, 0.3) is 0 Å². The molecule has 142 valence electrons. The van der Waals surface area contributed by atoms with Crippen LogP contribution in [0.4, 0.5) is 10.2 Å². The number of nitrogens with zero attached hydrogens (tertiary/aromatic N) is 3. The Morgan fingerprint density at radius 1 is 0.893 bits per heavy atom. The summed E-state index contributed by atoms with van der Waals surface area (Å²) in [6.45, 7) is 3.03. The lowest BCUT2D eigenvalue weighted by Crippen LogP contribution is -2.49. The summed E-state index contributed by atoms with van der Waals surface area (Å²) in [5.74, 6) is 1.23. The van der Waals surface area contributed by atoms with E-state index in [0.29, 0.717) is 11.5 Å². The van der Waals surface area contributed by atoms with Gasteiger partial charge < -0.3 is 9.80 Å². The number of aromatic nitrogens is 1. The molecule has 0 radical (unpaired) electrons. The Kier molecular flexibility index (Phi) is 4.23. The molecule has 1 aromatic heterocycles. The van der Waals surface area contributed by atoms with E-state index < -0.39 is 0 Å². The maximum absolute atomic E-state index is 14.4. The van der Waals surface area contributed by atoms with Gasteiger partial charge in [-0.15, -0.1) is 0 Å². The van der Waals surface area contributed by atoms with Crippen LogP contribution >= 0.6 is 0 Å². The molecule has 0 unspecified atom stereocenters. The molecule has 0 spiro atoms. The summed E-state index contributed by atoms with van der Waals surface area (Å²) < 4.78 is 14.4. The Labute approximate surface area is 163 Å². The first-order valence-corrected chi connectivity index (χ1v) is 9.89. The lowest BCUT2D eigenvalue weighted by Gasteiger charge is -2.35. The molecule has 1 amide bonds. The molecule has 1 saturated heterocycles. The second kappa shape index (κ2) is 6.89. The molecule has 1 aliphatic carbocycles. The molecule has 2 aromatic carbocycles. The topological polar surface area (TPSA) is 36.4 Å². The first-order chi connectivity index (χ1) is 13.7. The summed E-state index contributed by atoms with van der Waals surface area (Å²) in [7, 11) is 0. The zero-order valence-electron chi connectivity index (χ0n) is 15.6. The summed E-state index contributed by atoms with van der Waals surface area (Å²) in [4.78, 5) is 21.4. The van der Waals surface area contributed by atoms with E-state index in [1.54, 1.807) is 12.1 Å². The van der Waals surface area contributed by atoms with E-state index in [-0.39, 0.29) is 11.7 Å². The smallest absolute Gasteiger partial charge is 0.225 e. The standard InChI is InChI=1S/C23H22FN3O/c24-20-7-2-1-5-18(20)19-6-3-4-16-10-11-21(25-22(16)19)26-12-14-27(15-13-26)23(28)17-8-9-17/h1-7,10-11,17H,8-9,12-15H2. The molecule has 0 N–H and O–H groups in total. The molecular weight excluding hydrogens is 353 g/mol. The van der Waals surface area contributed by atoms with Crippen molar-refractivity contribution in [2.75, 3.05) is 31.1 Å². The SMILES string of the molecule is O=C(C1CC1)N1CCN(c2ccc3cccc(-c4ccccc4F)c3n2)CC1.